The highest BCUT2D eigenvalue weighted by Crippen LogP contribution is 2.47. The average Bonchev–Trinajstić information content (AvgIpc) is 3.61. The number of amides is 6. The fourth-order valence-corrected chi connectivity index (χ4v) is 8.77. The van der Waals surface area contributed by atoms with Gasteiger partial charge in [0.15, 0.2) is 0 Å². The number of likely N-dealkylation sites (tertiary alicyclic amines) is 1. The van der Waals surface area contributed by atoms with Crippen LogP contribution in [0.1, 0.15) is 95.2 Å². The Morgan fingerprint density at radius 3 is 2.53 bits per heavy atom. The highest BCUT2D eigenvalue weighted by Gasteiger charge is 2.63. The molecular formula is C44H55FN6O8. The number of benzene rings is 2. The summed E-state index contributed by atoms with van der Waals surface area (Å²) < 4.78 is 26.0. The first-order chi connectivity index (χ1) is 28.2. The molecule has 5 aliphatic rings. The number of nitrogens with one attached hydrogen (secondary N) is 3. The minimum Gasteiger partial charge on any atom is -0.444 e. The summed E-state index contributed by atoms with van der Waals surface area (Å²) in [6, 6.07) is 11.2. The van der Waals surface area contributed by atoms with Gasteiger partial charge in [-0.05, 0) is 76.5 Å². The van der Waals surface area contributed by atoms with E-state index in [0.717, 1.165) is 24.8 Å². The Balaban J connectivity index is 1.12. The van der Waals surface area contributed by atoms with Crippen LogP contribution in [0.2, 0.25) is 0 Å². The molecule has 3 N–H and O–H groups in total. The van der Waals surface area contributed by atoms with Crippen molar-refractivity contribution in [3.8, 4) is 0 Å². The SMILES string of the molecule is CC(C)(C)OC(=O)N[C@H]1CCCCCC=C[C@@H]2C[C@@]2(C(=O)N2CCC[C@H]2C(=O)NCc2ccccc2)NC(=O)[C@@H]2C[C@@H](OC(=O)N3Cc4cccc(F)c4C3)CN2C1=O. The van der Waals surface area contributed by atoms with Gasteiger partial charge in [0.2, 0.25) is 23.6 Å². The summed E-state index contributed by atoms with van der Waals surface area (Å²) >= 11 is 0. The van der Waals surface area contributed by atoms with Crippen LogP contribution in [0.4, 0.5) is 14.0 Å². The Labute approximate surface area is 344 Å². The lowest BCUT2D eigenvalue weighted by Gasteiger charge is -2.32. The zero-order valence-corrected chi connectivity index (χ0v) is 34.0. The monoisotopic (exact) mass is 814 g/mol. The molecule has 316 valence electrons. The van der Waals surface area contributed by atoms with Gasteiger partial charge >= 0.3 is 12.2 Å². The molecule has 0 radical (unpaired) electrons. The number of hydrogen-bond donors (Lipinski definition) is 3. The number of allylic oxidation sites excluding steroid dienone is 1. The van der Waals surface area contributed by atoms with E-state index < -0.39 is 65.2 Å². The summed E-state index contributed by atoms with van der Waals surface area (Å²) in [5.74, 6) is -2.52. The summed E-state index contributed by atoms with van der Waals surface area (Å²) in [6.45, 7) is 5.83. The molecule has 0 aromatic heterocycles. The third kappa shape index (κ3) is 9.55. The van der Waals surface area contributed by atoms with E-state index in [0.29, 0.717) is 49.9 Å². The predicted molar refractivity (Wildman–Crippen MR) is 213 cm³/mol. The van der Waals surface area contributed by atoms with E-state index in [9.17, 15) is 33.2 Å². The molecule has 0 bridgehead atoms. The van der Waals surface area contributed by atoms with Crippen LogP contribution in [0, 0.1) is 11.7 Å². The minimum absolute atomic E-state index is 0.0172. The second kappa shape index (κ2) is 17.4. The summed E-state index contributed by atoms with van der Waals surface area (Å²) in [5.41, 5.74) is -0.168. The molecule has 2 aromatic rings. The Bertz CT molecular complexity index is 1970. The molecule has 4 aliphatic heterocycles. The van der Waals surface area contributed by atoms with E-state index in [2.05, 4.69) is 16.0 Å². The molecule has 0 unspecified atom stereocenters. The van der Waals surface area contributed by atoms with E-state index in [1.807, 2.05) is 42.5 Å². The third-order valence-electron chi connectivity index (χ3n) is 11.9. The number of ether oxygens (including phenoxy) is 2. The molecule has 0 spiro atoms. The lowest BCUT2D eigenvalue weighted by atomic mass is 10.0. The van der Waals surface area contributed by atoms with Crippen molar-refractivity contribution in [3.05, 3.63) is 83.2 Å². The Kier molecular flexibility index (Phi) is 12.3. The summed E-state index contributed by atoms with van der Waals surface area (Å²) in [4.78, 5) is 88.2. The van der Waals surface area contributed by atoms with Gasteiger partial charge in [-0.3, -0.25) is 24.1 Å². The number of halogens is 1. The summed E-state index contributed by atoms with van der Waals surface area (Å²) in [6.07, 6.45) is 6.07. The molecular weight excluding hydrogens is 760 g/mol. The number of carbonyl (C=O) groups excluding carboxylic acids is 6. The van der Waals surface area contributed by atoms with Crippen molar-refractivity contribution in [1.82, 2.24) is 30.7 Å². The van der Waals surface area contributed by atoms with Crippen LogP contribution in [-0.2, 0) is 48.3 Å². The fraction of sp³-hybridized carbons (Fsp3) is 0.545. The lowest BCUT2D eigenvalue weighted by molar-refractivity contribution is -0.145. The second-order valence-electron chi connectivity index (χ2n) is 17.4. The van der Waals surface area contributed by atoms with Crippen LogP contribution in [-0.4, -0.2) is 99.0 Å². The predicted octanol–water partition coefficient (Wildman–Crippen LogP) is 4.84. The van der Waals surface area contributed by atoms with Gasteiger partial charge in [-0.1, -0.05) is 67.5 Å². The normalized spacial score (nSPS) is 27.1. The van der Waals surface area contributed by atoms with E-state index in [4.69, 9.17) is 9.47 Å². The highest BCUT2D eigenvalue weighted by atomic mass is 19.1. The maximum atomic E-state index is 14.7. The van der Waals surface area contributed by atoms with Gasteiger partial charge in [-0.2, -0.15) is 0 Å². The molecule has 6 atom stereocenters. The molecule has 3 fully saturated rings. The molecule has 1 aliphatic carbocycles. The number of fused-ring (bicyclic) bond motifs is 3. The van der Waals surface area contributed by atoms with Crippen molar-refractivity contribution in [3.63, 3.8) is 0 Å². The van der Waals surface area contributed by atoms with Crippen LogP contribution in [0.25, 0.3) is 0 Å². The largest absolute Gasteiger partial charge is 0.444 e. The first kappa shape index (κ1) is 41.7. The maximum Gasteiger partial charge on any atom is 0.410 e. The molecule has 15 heteroatoms. The number of carbonyl (C=O) groups is 6. The summed E-state index contributed by atoms with van der Waals surface area (Å²) in [7, 11) is 0. The van der Waals surface area contributed by atoms with Gasteiger partial charge in [0.05, 0.1) is 13.1 Å². The Morgan fingerprint density at radius 1 is 0.966 bits per heavy atom. The van der Waals surface area contributed by atoms with Crippen molar-refractivity contribution in [2.24, 2.45) is 5.92 Å². The fourth-order valence-electron chi connectivity index (χ4n) is 8.77. The molecule has 4 heterocycles. The number of rotatable bonds is 6. The van der Waals surface area contributed by atoms with Crippen molar-refractivity contribution < 1.29 is 42.6 Å². The first-order valence-electron chi connectivity index (χ1n) is 20.9. The van der Waals surface area contributed by atoms with E-state index in [1.54, 1.807) is 37.8 Å². The van der Waals surface area contributed by atoms with Crippen LogP contribution >= 0.6 is 0 Å². The van der Waals surface area contributed by atoms with Crippen molar-refractivity contribution in [1.29, 1.82) is 0 Å². The average molecular weight is 815 g/mol. The van der Waals surface area contributed by atoms with Crippen LogP contribution in [0.5, 0.6) is 0 Å². The Morgan fingerprint density at radius 2 is 1.76 bits per heavy atom. The first-order valence-corrected chi connectivity index (χ1v) is 20.9. The number of alkyl carbamates (subject to hydrolysis) is 1. The van der Waals surface area contributed by atoms with Crippen molar-refractivity contribution in [2.45, 2.75) is 134 Å². The lowest BCUT2D eigenvalue weighted by Crippen LogP contribution is -2.59. The molecule has 59 heavy (non-hydrogen) atoms. The van der Waals surface area contributed by atoms with Gasteiger partial charge in [0, 0.05) is 37.5 Å². The van der Waals surface area contributed by atoms with Gasteiger partial charge in [0.25, 0.3) is 0 Å². The van der Waals surface area contributed by atoms with Crippen molar-refractivity contribution >= 4 is 35.8 Å². The zero-order chi connectivity index (χ0) is 41.9. The molecule has 14 nitrogen and oxygen atoms in total. The van der Waals surface area contributed by atoms with Crippen LogP contribution in [0.3, 0.4) is 0 Å². The zero-order valence-electron chi connectivity index (χ0n) is 34.0. The Hall–Kier alpha value is -5.47. The molecule has 7 rings (SSSR count). The molecule has 6 amide bonds. The maximum absolute atomic E-state index is 14.7. The number of nitrogens with zero attached hydrogens (tertiary/aromatic N) is 3. The van der Waals surface area contributed by atoms with Crippen molar-refractivity contribution in [2.75, 3.05) is 13.1 Å². The number of hydrogen-bond acceptors (Lipinski definition) is 8. The summed E-state index contributed by atoms with van der Waals surface area (Å²) in [5, 5.41) is 8.74. The highest BCUT2D eigenvalue weighted by molar-refractivity contribution is 6.00. The van der Waals surface area contributed by atoms with Crippen LogP contribution in [0.15, 0.2) is 60.7 Å². The molecule has 2 aromatic carbocycles. The van der Waals surface area contributed by atoms with Gasteiger partial charge in [-0.25, -0.2) is 14.0 Å². The van der Waals surface area contributed by atoms with Gasteiger partial charge < -0.3 is 35.2 Å². The van der Waals surface area contributed by atoms with Gasteiger partial charge in [-0.15, -0.1) is 0 Å². The smallest absolute Gasteiger partial charge is 0.410 e. The van der Waals surface area contributed by atoms with Gasteiger partial charge in [0.1, 0.15) is 41.2 Å². The van der Waals surface area contributed by atoms with E-state index in [-0.39, 0.29) is 50.2 Å². The molecule has 2 saturated heterocycles. The minimum atomic E-state index is -1.35. The second-order valence-corrected chi connectivity index (χ2v) is 17.4. The standard InChI is InChI=1S/C44H55FN6O8/c1-43(2,3)59-41(56)47-34-19-11-6-4-5-10-17-30-23-44(30,40(55)50-21-13-20-35(50)37(52)46-24-28-14-8-7-9-15-28)48-38(53)36-22-31(26-51(36)39(34)54)58-42(57)49-25-29-16-12-18-33(45)32(29)27-49/h7-10,12,14-18,30-31,34-36H,4-6,11,13,19-27H2,1-3H3,(H,46,52)(H,47,56)(H,48,53)/t30-,31-,34+,35+,36+,44-/m1/s1. The topological polar surface area (TPSA) is 167 Å². The quantitative estimate of drug-likeness (QED) is 0.349. The third-order valence-corrected chi connectivity index (χ3v) is 11.9. The molecule has 1 saturated carbocycles. The van der Waals surface area contributed by atoms with E-state index >= 15 is 0 Å². The van der Waals surface area contributed by atoms with E-state index in [1.165, 1.54) is 15.9 Å². The van der Waals surface area contributed by atoms with Crippen LogP contribution < -0.4 is 16.0 Å².